The summed E-state index contributed by atoms with van der Waals surface area (Å²) < 4.78 is 14.6. The molecular weight excluding hydrogens is 254 g/mol. The first-order valence-corrected chi connectivity index (χ1v) is 5.84. The van der Waals surface area contributed by atoms with E-state index >= 15 is 0 Å². The number of carbonyl (C=O) groups excluding carboxylic acids is 3. The highest BCUT2D eigenvalue weighted by molar-refractivity contribution is 6.15. The molecule has 0 aliphatic carbocycles. The minimum atomic E-state index is -1.28. The van der Waals surface area contributed by atoms with Crippen molar-refractivity contribution >= 4 is 17.9 Å². The van der Waals surface area contributed by atoms with Crippen LogP contribution in [0.5, 0.6) is 0 Å². The zero-order chi connectivity index (χ0) is 14.6. The van der Waals surface area contributed by atoms with Crippen molar-refractivity contribution < 1.29 is 28.6 Å². The summed E-state index contributed by atoms with van der Waals surface area (Å²) in [6, 6.07) is 0. The number of rotatable bonds is 4. The topological polar surface area (TPSA) is 90.9 Å². The monoisotopic (exact) mass is 271 g/mol. The molecule has 0 radical (unpaired) electrons. The Morgan fingerprint density at radius 2 is 1.79 bits per heavy atom. The molecule has 0 bridgehead atoms. The SMILES string of the molecule is CCOC(=O)CNC(C)=C1C(=O)OC(C)(C)OC1=O. The van der Waals surface area contributed by atoms with Gasteiger partial charge in [0.1, 0.15) is 6.54 Å². The lowest BCUT2D eigenvalue weighted by atomic mass is 10.2. The van der Waals surface area contributed by atoms with E-state index in [1.54, 1.807) is 6.92 Å². The number of cyclic esters (lactones) is 2. The third-order valence-corrected chi connectivity index (χ3v) is 2.26. The molecule has 1 saturated heterocycles. The number of hydrogen-bond acceptors (Lipinski definition) is 7. The molecule has 0 aromatic carbocycles. The van der Waals surface area contributed by atoms with Gasteiger partial charge in [0.2, 0.25) is 0 Å². The summed E-state index contributed by atoms with van der Waals surface area (Å²) >= 11 is 0. The Morgan fingerprint density at radius 1 is 1.26 bits per heavy atom. The molecular formula is C12H17NO6. The van der Waals surface area contributed by atoms with Crippen LogP contribution in [-0.2, 0) is 28.6 Å². The van der Waals surface area contributed by atoms with E-state index in [1.807, 2.05) is 0 Å². The van der Waals surface area contributed by atoms with Crippen molar-refractivity contribution in [2.45, 2.75) is 33.5 Å². The maximum atomic E-state index is 11.7. The minimum absolute atomic E-state index is 0.146. The third kappa shape index (κ3) is 3.97. The van der Waals surface area contributed by atoms with Crippen LogP contribution in [0.15, 0.2) is 11.3 Å². The second-order valence-corrected chi connectivity index (χ2v) is 4.34. The number of ether oxygens (including phenoxy) is 3. The summed E-state index contributed by atoms with van der Waals surface area (Å²) in [6.07, 6.45) is 0. The molecule has 7 nitrogen and oxygen atoms in total. The van der Waals surface area contributed by atoms with Crippen LogP contribution >= 0.6 is 0 Å². The van der Waals surface area contributed by atoms with E-state index in [0.717, 1.165) is 0 Å². The van der Waals surface area contributed by atoms with E-state index in [2.05, 4.69) is 5.32 Å². The van der Waals surface area contributed by atoms with Gasteiger partial charge in [-0.3, -0.25) is 4.79 Å². The van der Waals surface area contributed by atoms with Gasteiger partial charge in [-0.1, -0.05) is 0 Å². The van der Waals surface area contributed by atoms with Crippen molar-refractivity contribution in [1.29, 1.82) is 0 Å². The van der Waals surface area contributed by atoms with Gasteiger partial charge in [0, 0.05) is 19.5 Å². The lowest BCUT2D eigenvalue weighted by molar-refractivity contribution is -0.222. The minimum Gasteiger partial charge on any atom is -0.465 e. The second-order valence-electron chi connectivity index (χ2n) is 4.34. The first kappa shape index (κ1) is 15.0. The number of allylic oxidation sites excluding steroid dienone is 1. The van der Waals surface area contributed by atoms with Crippen molar-refractivity contribution in [2.24, 2.45) is 0 Å². The molecule has 0 unspecified atom stereocenters. The highest BCUT2D eigenvalue weighted by atomic mass is 16.7. The van der Waals surface area contributed by atoms with Gasteiger partial charge >= 0.3 is 17.9 Å². The van der Waals surface area contributed by atoms with Crippen LogP contribution in [0, 0.1) is 0 Å². The van der Waals surface area contributed by atoms with Crippen molar-refractivity contribution in [1.82, 2.24) is 5.32 Å². The van der Waals surface area contributed by atoms with Gasteiger partial charge < -0.3 is 19.5 Å². The molecule has 1 aliphatic rings. The number of esters is 3. The van der Waals surface area contributed by atoms with Gasteiger partial charge in [-0.05, 0) is 13.8 Å². The summed E-state index contributed by atoms with van der Waals surface area (Å²) in [5, 5.41) is 2.63. The molecule has 1 heterocycles. The fourth-order valence-corrected chi connectivity index (χ4v) is 1.46. The maximum absolute atomic E-state index is 11.7. The predicted octanol–water partition coefficient (Wildman–Crippen LogP) is 0.249. The average molecular weight is 271 g/mol. The Morgan fingerprint density at radius 3 is 2.26 bits per heavy atom. The molecule has 7 heteroatoms. The molecule has 0 amide bonds. The Bertz CT molecular complexity index is 416. The van der Waals surface area contributed by atoms with Crippen LogP contribution in [-0.4, -0.2) is 36.8 Å². The quantitative estimate of drug-likeness (QED) is 0.445. The van der Waals surface area contributed by atoms with Gasteiger partial charge in [0.05, 0.1) is 6.61 Å². The Hall–Kier alpha value is -2.05. The largest absolute Gasteiger partial charge is 0.465 e. The zero-order valence-electron chi connectivity index (χ0n) is 11.4. The molecule has 106 valence electrons. The van der Waals surface area contributed by atoms with E-state index in [1.165, 1.54) is 20.8 Å². The third-order valence-electron chi connectivity index (χ3n) is 2.26. The first-order chi connectivity index (χ1) is 8.76. The van der Waals surface area contributed by atoms with Gasteiger partial charge in [-0.2, -0.15) is 0 Å². The lowest BCUT2D eigenvalue weighted by Crippen LogP contribution is -2.43. The van der Waals surface area contributed by atoms with Gasteiger partial charge in [0.15, 0.2) is 5.57 Å². The van der Waals surface area contributed by atoms with Gasteiger partial charge in [0.25, 0.3) is 5.79 Å². The molecule has 1 aliphatic heterocycles. The molecule has 1 fully saturated rings. The molecule has 1 rings (SSSR count). The summed E-state index contributed by atoms with van der Waals surface area (Å²) in [5.74, 6) is -3.33. The van der Waals surface area contributed by atoms with Crippen LogP contribution in [0.3, 0.4) is 0 Å². The van der Waals surface area contributed by atoms with Crippen molar-refractivity contribution in [3.8, 4) is 0 Å². The average Bonchev–Trinajstić information content (AvgIpc) is 2.23. The number of hydrogen-bond donors (Lipinski definition) is 1. The molecule has 0 aromatic rings. The smallest absolute Gasteiger partial charge is 0.350 e. The highest BCUT2D eigenvalue weighted by Crippen LogP contribution is 2.23. The fourth-order valence-electron chi connectivity index (χ4n) is 1.46. The number of nitrogens with one attached hydrogen (secondary N) is 1. The standard InChI is InChI=1S/C12H17NO6/c1-5-17-8(14)6-13-7(2)9-10(15)18-12(3,4)19-11(9)16/h13H,5-6H2,1-4H3. The van der Waals surface area contributed by atoms with Gasteiger partial charge in [-0.25, -0.2) is 9.59 Å². The zero-order valence-corrected chi connectivity index (χ0v) is 11.4. The van der Waals surface area contributed by atoms with Gasteiger partial charge in [-0.15, -0.1) is 0 Å². The summed E-state index contributed by atoms with van der Waals surface area (Å²) in [4.78, 5) is 34.5. The van der Waals surface area contributed by atoms with Crippen molar-refractivity contribution in [2.75, 3.05) is 13.2 Å². The molecule has 0 atom stereocenters. The maximum Gasteiger partial charge on any atom is 0.350 e. The Labute approximate surface area is 110 Å². The lowest BCUT2D eigenvalue weighted by Gasteiger charge is -2.30. The van der Waals surface area contributed by atoms with Crippen LogP contribution < -0.4 is 5.32 Å². The van der Waals surface area contributed by atoms with Crippen LogP contribution in [0.2, 0.25) is 0 Å². The van der Waals surface area contributed by atoms with Crippen LogP contribution in [0.25, 0.3) is 0 Å². The van der Waals surface area contributed by atoms with E-state index in [4.69, 9.17) is 14.2 Å². The summed E-state index contributed by atoms with van der Waals surface area (Å²) in [6.45, 7) is 6.19. The molecule has 0 spiro atoms. The van der Waals surface area contributed by atoms with Crippen molar-refractivity contribution in [3.05, 3.63) is 11.3 Å². The molecule has 0 aromatic heterocycles. The highest BCUT2D eigenvalue weighted by Gasteiger charge is 2.40. The van der Waals surface area contributed by atoms with Crippen LogP contribution in [0.1, 0.15) is 27.7 Å². The second kappa shape index (κ2) is 5.73. The normalized spacial score (nSPS) is 17.4. The summed E-state index contributed by atoms with van der Waals surface area (Å²) in [5.41, 5.74) is -0.0397. The Balaban J connectivity index is 2.76. The first-order valence-electron chi connectivity index (χ1n) is 5.84. The van der Waals surface area contributed by atoms with E-state index in [-0.39, 0.29) is 24.4 Å². The summed E-state index contributed by atoms with van der Waals surface area (Å²) in [7, 11) is 0. The van der Waals surface area contributed by atoms with Crippen molar-refractivity contribution in [3.63, 3.8) is 0 Å². The number of carbonyl (C=O) groups is 3. The fraction of sp³-hybridized carbons (Fsp3) is 0.583. The molecule has 19 heavy (non-hydrogen) atoms. The molecule has 0 saturated carbocycles. The van der Waals surface area contributed by atoms with E-state index in [0.29, 0.717) is 0 Å². The van der Waals surface area contributed by atoms with E-state index < -0.39 is 23.7 Å². The molecule has 1 N–H and O–H groups in total. The predicted molar refractivity (Wildman–Crippen MR) is 63.6 cm³/mol. The Kier molecular flexibility index (Phi) is 4.52. The van der Waals surface area contributed by atoms with E-state index in [9.17, 15) is 14.4 Å². The van der Waals surface area contributed by atoms with Crippen LogP contribution in [0.4, 0.5) is 0 Å².